The Morgan fingerprint density at radius 3 is 2.39 bits per heavy atom. The van der Waals surface area contributed by atoms with Gasteiger partial charge in [-0.1, -0.05) is 0 Å². The number of halogens is 6. The van der Waals surface area contributed by atoms with Gasteiger partial charge in [-0.25, -0.2) is 13.2 Å². The van der Waals surface area contributed by atoms with E-state index in [0.717, 1.165) is 12.1 Å². The van der Waals surface area contributed by atoms with Crippen molar-refractivity contribution in [1.29, 1.82) is 0 Å². The Labute approximate surface area is 130 Å². The molecule has 8 heteroatoms. The van der Waals surface area contributed by atoms with Crippen molar-refractivity contribution >= 4 is 0 Å². The monoisotopic (exact) mass is 340 g/mol. The molecule has 130 valence electrons. The predicted octanol–water partition coefficient (Wildman–Crippen LogP) is 3.64. The van der Waals surface area contributed by atoms with Crippen LogP contribution in [0.3, 0.4) is 0 Å². The van der Waals surface area contributed by atoms with Gasteiger partial charge in [0.05, 0.1) is 6.54 Å². The molecule has 0 radical (unpaired) electrons. The van der Waals surface area contributed by atoms with Crippen molar-refractivity contribution in [2.75, 3.05) is 26.2 Å². The Bertz CT molecular complexity index is 522. The SMILES string of the molecule is CC(NCC1CCN(CC(F)(F)F)C1)c1cc(F)c(F)c(F)c1. The summed E-state index contributed by atoms with van der Waals surface area (Å²) >= 11 is 0. The number of rotatable bonds is 5. The second kappa shape index (κ2) is 7.09. The first kappa shape index (κ1) is 18.1. The van der Waals surface area contributed by atoms with Gasteiger partial charge < -0.3 is 5.32 Å². The van der Waals surface area contributed by atoms with Gasteiger partial charge in [-0.3, -0.25) is 4.90 Å². The normalized spacial score (nSPS) is 20.9. The number of hydrogen-bond acceptors (Lipinski definition) is 2. The highest BCUT2D eigenvalue weighted by molar-refractivity contribution is 5.22. The van der Waals surface area contributed by atoms with Crippen molar-refractivity contribution in [2.24, 2.45) is 5.92 Å². The van der Waals surface area contributed by atoms with Crippen LogP contribution in [0.1, 0.15) is 24.9 Å². The first-order valence-electron chi connectivity index (χ1n) is 7.32. The lowest BCUT2D eigenvalue weighted by molar-refractivity contribution is -0.143. The minimum absolute atomic E-state index is 0.0370. The summed E-state index contributed by atoms with van der Waals surface area (Å²) in [7, 11) is 0. The molecule has 1 aromatic carbocycles. The summed E-state index contributed by atoms with van der Waals surface area (Å²) in [6.45, 7) is 1.86. The summed E-state index contributed by atoms with van der Waals surface area (Å²) in [5, 5.41) is 3.03. The van der Waals surface area contributed by atoms with E-state index in [1.165, 1.54) is 4.90 Å². The molecule has 1 aliphatic heterocycles. The molecule has 0 amide bonds. The van der Waals surface area contributed by atoms with Gasteiger partial charge >= 0.3 is 6.18 Å². The fourth-order valence-electron chi connectivity index (χ4n) is 2.76. The van der Waals surface area contributed by atoms with E-state index in [1.807, 2.05) is 0 Å². The largest absolute Gasteiger partial charge is 0.401 e. The van der Waals surface area contributed by atoms with Crippen LogP contribution in [0, 0.1) is 23.4 Å². The van der Waals surface area contributed by atoms with Gasteiger partial charge in [-0.05, 0) is 50.0 Å². The van der Waals surface area contributed by atoms with Crippen molar-refractivity contribution in [3.05, 3.63) is 35.1 Å². The molecule has 2 atom stereocenters. The third-order valence-electron chi connectivity index (χ3n) is 3.99. The number of benzene rings is 1. The summed E-state index contributed by atoms with van der Waals surface area (Å²) in [6, 6.07) is 1.40. The van der Waals surface area contributed by atoms with Gasteiger partial charge in [0.15, 0.2) is 17.5 Å². The average Bonchev–Trinajstić information content (AvgIpc) is 2.86. The molecule has 1 aliphatic rings. The summed E-state index contributed by atoms with van der Waals surface area (Å²) in [5.74, 6) is -3.99. The molecule has 1 N–H and O–H groups in total. The fourth-order valence-corrected chi connectivity index (χ4v) is 2.76. The zero-order chi connectivity index (χ0) is 17.2. The maximum absolute atomic E-state index is 13.2. The Hall–Kier alpha value is -1.28. The number of alkyl halides is 3. The summed E-state index contributed by atoms with van der Waals surface area (Å²) in [6.07, 6.45) is -3.58. The number of nitrogens with zero attached hydrogens (tertiary/aromatic N) is 1. The highest BCUT2D eigenvalue weighted by atomic mass is 19.4. The zero-order valence-corrected chi connectivity index (χ0v) is 12.6. The van der Waals surface area contributed by atoms with E-state index in [-0.39, 0.29) is 11.5 Å². The van der Waals surface area contributed by atoms with Crippen molar-refractivity contribution in [2.45, 2.75) is 25.6 Å². The molecule has 0 spiro atoms. The molecule has 2 rings (SSSR count). The molecular formula is C15H18F6N2. The molecule has 2 unspecified atom stereocenters. The van der Waals surface area contributed by atoms with Crippen molar-refractivity contribution in [3.8, 4) is 0 Å². The van der Waals surface area contributed by atoms with Crippen molar-refractivity contribution < 1.29 is 26.3 Å². The molecule has 1 aromatic rings. The second-order valence-corrected chi connectivity index (χ2v) is 5.93. The van der Waals surface area contributed by atoms with Gasteiger partial charge in [0.2, 0.25) is 0 Å². The number of likely N-dealkylation sites (tertiary alicyclic amines) is 1. The van der Waals surface area contributed by atoms with Gasteiger partial charge in [0.1, 0.15) is 0 Å². The molecule has 0 aliphatic carbocycles. The van der Waals surface area contributed by atoms with Gasteiger partial charge in [-0.15, -0.1) is 0 Å². The van der Waals surface area contributed by atoms with Crippen molar-refractivity contribution in [1.82, 2.24) is 10.2 Å². The number of nitrogens with one attached hydrogen (secondary N) is 1. The maximum atomic E-state index is 13.2. The molecule has 0 bridgehead atoms. The summed E-state index contributed by atoms with van der Waals surface area (Å²) in [5.41, 5.74) is 0.256. The minimum Gasteiger partial charge on any atom is -0.310 e. The molecule has 1 saturated heterocycles. The summed E-state index contributed by atoms with van der Waals surface area (Å²) in [4.78, 5) is 1.34. The van der Waals surface area contributed by atoms with Gasteiger partial charge in [0.25, 0.3) is 0 Å². The van der Waals surface area contributed by atoms with Gasteiger partial charge in [-0.2, -0.15) is 13.2 Å². The van der Waals surface area contributed by atoms with Crippen LogP contribution in [0.2, 0.25) is 0 Å². The van der Waals surface area contributed by atoms with E-state index in [4.69, 9.17) is 0 Å². The Morgan fingerprint density at radius 2 is 1.83 bits per heavy atom. The minimum atomic E-state index is -4.21. The standard InChI is InChI=1S/C15H18F6N2/c1-9(11-4-12(16)14(18)13(17)5-11)22-6-10-2-3-23(7-10)8-15(19,20)21/h4-5,9-10,22H,2-3,6-8H2,1H3. The average molecular weight is 340 g/mol. The van der Waals surface area contributed by atoms with E-state index >= 15 is 0 Å². The number of hydrogen-bond donors (Lipinski definition) is 1. The van der Waals surface area contributed by atoms with Crippen molar-refractivity contribution in [3.63, 3.8) is 0 Å². The lowest BCUT2D eigenvalue weighted by Crippen LogP contribution is -2.34. The maximum Gasteiger partial charge on any atom is 0.401 e. The van der Waals surface area contributed by atoms with Crippen LogP contribution in [0.15, 0.2) is 12.1 Å². The van der Waals surface area contributed by atoms with Crippen LogP contribution in [-0.2, 0) is 0 Å². The molecule has 0 aromatic heterocycles. The third kappa shape index (κ3) is 5.10. The second-order valence-electron chi connectivity index (χ2n) is 5.93. The predicted molar refractivity (Wildman–Crippen MR) is 73.3 cm³/mol. The Morgan fingerprint density at radius 1 is 1.22 bits per heavy atom. The van der Waals surface area contributed by atoms with Crippen LogP contribution in [0.4, 0.5) is 26.3 Å². The van der Waals surface area contributed by atoms with Crippen LogP contribution in [0.5, 0.6) is 0 Å². The first-order valence-corrected chi connectivity index (χ1v) is 7.32. The zero-order valence-electron chi connectivity index (χ0n) is 12.6. The van der Waals surface area contributed by atoms with Crippen LogP contribution in [-0.4, -0.2) is 37.3 Å². The molecule has 2 nitrogen and oxygen atoms in total. The Balaban J connectivity index is 1.85. The smallest absolute Gasteiger partial charge is 0.310 e. The molecule has 0 saturated carbocycles. The van der Waals surface area contributed by atoms with E-state index in [2.05, 4.69) is 5.32 Å². The highest BCUT2D eigenvalue weighted by Gasteiger charge is 2.34. The lowest BCUT2D eigenvalue weighted by atomic mass is 10.1. The van der Waals surface area contributed by atoms with Crippen LogP contribution in [0.25, 0.3) is 0 Å². The fraction of sp³-hybridized carbons (Fsp3) is 0.600. The van der Waals surface area contributed by atoms with Gasteiger partial charge in [0, 0.05) is 12.6 Å². The topological polar surface area (TPSA) is 15.3 Å². The van der Waals surface area contributed by atoms with E-state index in [0.29, 0.717) is 26.1 Å². The van der Waals surface area contributed by atoms with E-state index in [9.17, 15) is 26.3 Å². The highest BCUT2D eigenvalue weighted by Crippen LogP contribution is 2.24. The quantitative estimate of drug-likeness (QED) is 0.650. The lowest BCUT2D eigenvalue weighted by Gasteiger charge is -2.20. The molecule has 1 fully saturated rings. The molecule has 23 heavy (non-hydrogen) atoms. The summed E-state index contributed by atoms with van der Waals surface area (Å²) < 4.78 is 76.3. The van der Waals surface area contributed by atoms with E-state index in [1.54, 1.807) is 6.92 Å². The van der Waals surface area contributed by atoms with Crippen LogP contribution < -0.4 is 5.32 Å². The third-order valence-corrected chi connectivity index (χ3v) is 3.99. The van der Waals surface area contributed by atoms with E-state index < -0.39 is 36.2 Å². The van der Waals surface area contributed by atoms with Crippen LogP contribution >= 0.6 is 0 Å². The molecular weight excluding hydrogens is 322 g/mol. The Kier molecular flexibility index (Phi) is 5.57. The first-order chi connectivity index (χ1) is 10.7. The molecule has 1 heterocycles.